The smallest absolute Gasteiger partial charge is 0.164 e. The van der Waals surface area contributed by atoms with Gasteiger partial charge in [-0.2, -0.15) is 0 Å². The summed E-state index contributed by atoms with van der Waals surface area (Å²) in [5, 5.41) is 4.61. The van der Waals surface area contributed by atoms with E-state index in [-0.39, 0.29) is 0 Å². The predicted octanol–water partition coefficient (Wildman–Crippen LogP) is 11.5. The Balaban J connectivity index is 1.10. The Bertz CT molecular complexity index is 2850. The summed E-state index contributed by atoms with van der Waals surface area (Å²) in [5.74, 6) is 1.82. The molecule has 5 nitrogen and oxygen atoms in total. The minimum atomic E-state index is 0.594. The Morgan fingerprint density at radius 2 is 0.860 bits per heavy atom. The minimum absolute atomic E-state index is 0.594. The van der Waals surface area contributed by atoms with Crippen LogP contribution in [-0.4, -0.2) is 19.5 Å². The van der Waals surface area contributed by atoms with Crippen LogP contribution in [0, 0.1) is 0 Å². The fraction of sp³-hybridized carbons (Fsp3) is 0. The molecule has 0 aliphatic heterocycles. The van der Waals surface area contributed by atoms with Crippen LogP contribution >= 0.6 is 0 Å². The number of para-hydroxylation sites is 2. The second kappa shape index (κ2) is 11.4. The Morgan fingerprint density at radius 3 is 1.62 bits per heavy atom. The average Bonchev–Trinajstić information content (AvgIpc) is 3.73. The van der Waals surface area contributed by atoms with Gasteiger partial charge in [0.2, 0.25) is 0 Å². The average molecular weight is 641 g/mol. The highest BCUT2D eigenvalue weighted by atomic mass is 16.3. The number of hydrogen-bond acceptors (Lipinski definition) is 4. The second-order valence-electron chi connectivity index (χ2n) is 12.5. The molecule has 0 amide bonds. The highest BCUT2D eigenvalue weighted by molar-refractivity contribution is 6.10. The zero-order chi connectivity index (χ0) is 33.0. The van der Waals surface area contributed by atoms with Gasteiger partial charge in [0, 0.05) is 43.9 Å². The van der Waals surface area contributed by atoms with E-state index in [1.807, 2.05) is 54.6 Å². The van der Waals surface area contributed by atoms with E-state index in [4.69, 9.17) is 19.4 Å². The van der Waals surface area contributed by atoms with Gasteiger partial charge in [-0.3, -0.25) is 0 Å². The maximum absolute atomic E-state index is 6.21. The third-order valence-electron chi connectivity index (χ3n) is 9.47. The number of benzene rings is 7. The minimum Gasteiger partial charge on any atom is -0.456 e. The Morgan fingerprint density at radius 1 is 0.340 bits per heavy atom. The summed E-state index contributed by atoms with van der Waals surface area (Å²) in [6, 6.07) is 58.7. The van der Waals surface area contributed by atoms with Crippen LogP contribution in [0.25, 0.3) is 94.7 Å². The largest absolute Gasteiger partial charge is 0.456 e. The zero-order valence-corrected chi connectivity index (χ0v) is 26.9. The molecule has 3 aromatic heterocycles. The first-order valence-corrected chi connectivity index (χ1v) is 16.7. The SMILES string of the molecule is c1ccc(-c2ccc3c4ccccc4n(-c4ccc(-c5nc(-c6ccccc6)nc(-c6ccc7c(c6)oc6ccccc67)n5)cc4)c3c2)cc1. The molecule has 0 saturated carbocycles. The molecule has 3 heterocycles. The number of nitrogens with zero attached hydrogens (tertiary/aromatic N) is 4. The van der Waals surface area contributed by atoms with Gasteiger partial charge in [-0.15, -0.1) is 0 Å². The summed E-state index contributed by atoms with van der Waals surface area (Å²) >= 11 is 0. The number of furan rings is 1. The predicted molar refractivity (Wildman–Crippen MR) is 203 cm³/mol. The van der Waals surface area contributed by atoms with Crippen LogP contribution in [-0.2, 0) is 0 Å². The van der Waals surface area contributed by atoms with Gasteiger partial charge in [0.15, 0.2) is 17.5 Å². The Hall–Kier alpha value is -6.85. The molecule has 0 aliphatic carbocycles. The van der Waals surface area contributed by atoms with Gasteiger partial charge >= 0.3 is 0 Å². The van der Waals surface area contributed by atoms with Crippen LogP contribution in [0.5, 0.6) is 0 Å². The van der Waals surface area contributed by atoms with E-state index in [9.17, 15) is 0 Å². The van der Waals surface area contributed by atoms with E-state index in [2.05, 4.69) is 120 Å². The molecule has 0 bridgehead atoms. The molecule has 0 fully saturated rings. The van der Waals surface area contributed by atoms with Crippen molar-refractivity contribution in [2.24, 2.45) is 0 Å². The van der Waals surface area contributed by atoms with Crippen molar-refractivity contribution in [2.75, 3.05) is 0 Å². The second-order valence-corrected chi connectivity index (χ2v) is 12.5. The molecule has 0 spiro atoms. The summed E-state index contributed by atoms with van der Waals surface area (Å²) in [5.41, 5.74) is 10.1. The lowest BCUT2D eigenvalue weighted by atomic mass is 10.0. The van der Waals surface area contributed by atoms with Crippen LogP contribution < -0.4 is 0 Å². The van der Waals surface area contributed by atoms with E-state index in [0.29, 0.717) is 17.5 Å². The first-order valence-electron chi connectivity index (χ1n) is 16.7. The van der Waals surface area contributed by atoms with Crippen molar-refractivity contribution in [3.05, 3.63) is 170 Å². The highest BCUT2D eigenvalue weighted by Gasteiger charge is 2.17. The van der Waals surface area contributed by atoms with Crippen LogP contribution in [0.1, 0.15) is 0 Å². The summed E-state index contributed by atoms with van der Waals surface area (Å²) < 4.78 is 8.56. The quantitative estimate of drug-likeness (QED) is 0.188. The van der Waals surface area contributed by atoms with Gasteiger partial charge in [-0.1, -0.05) is 115 Å². The van der Waals surface area contributed by atoms with Gasteiger partial charge in [0.1, 0.15) is 11.2 Å². The van der Waals surface area contributed by atoms with Crippen molar-refractivity contribution in [3.63, 3.8) is 0 Å². The molecule has 0 aliphatic rings. The summed E-state index contributed by atoms with van der Waals surface area (Å²) in [6.07, 6.45) is 0. The first-order chi connectivity index (χ1) is 24.8. The van der Waals surface area contributed by atoms with Gasteiger partial charge in [-0.05, 0) is 65.7 Å². The summed E-state index contributed by atoms with van der Waals surface area (Å²) in [7, 11) is 0. The molecule has 10 aromatic rings. The fourth-order valence-electron chi connectivity index (χ4n) is 7.03. The van der Waals surface area contributed by atoms with Gasteiger partial charge in [-0.25, -0.2) is 15.0 Å². The first kappa shape index (κ1) is 28.2. The number of rotatable bonds is 5. The standard InChI is InChI=1S/C45H28N4O/c1-3-11-29(12-4-1)32-21-25-36-35-15-7-9-17-39(35)49(40(36)27-32)34-23-19-31(20-24-34)44-46-43(30-13-5-2-6-14-30)47-45(48-44)33-22-26-38-37-16-8-10-18-41(37)50-42(38)28-33/h1-28H. The molecule has 7 aromatic carbocycles. The van der Waals surface area contributed by atoms with Crippen molar-refractivity contribution < 1.29 is 4.42 Å². The monoisotopic (exact) mass is 640 g/mol. The number of fused-ring (bicyclic) bond motifs is 6. The van der Waals surface area contributed by atoms with Gasteiger partial charge < -0.3 is 8.98 Å². The van der Waals surface area contributed by atoms with E-state index < -0.39 is 0 Å². The molecule has 50 heavy (non-hydrogen) atoms. The zero-order valence-electron chi connectivity index (χ0n) is 26.9. The molecular formula is C45H28N4O. The number of aromatic nitrogens is 4. The van der Waals surface area contributed by atoms with Crippen molar-refractivity contribution in [3.8, 4) is 51.0 Å². The summed E-state index contributed by atoms with van der Waals surface area (Å²) in [4.78, 5) is 15.0. The van der Waals surface area contributed by atoms with Crippen molar-refractivity contribution in [1.29, 1.82) is 0 Å². The Labute approximate surface area is 287 Å². The molecule has 5 heteroatoms. The molecule has 0 saturated heterocycles. The van der Waals surface area contributed by atoms with Crippen molar-refractivity contribution in [1.82, 2.24) is 19.5 Å². The maximum Gasteiger partial charge on any atom is 0.164 e. The molecule has 234 valence electrons. The third kappa shape index (κ3) is 4.67. The van der Waals surface area contributed by atoms with E-state index in [0.717, 1.165) is 55.3 Å². The summed E-state index contributed by atoms with van der Waals surface area (Å²) in [6.45, 7) is 0. The number of hydrogen-bond donors (Lipinski definition) is 0. The molecule has 0 N–H and O–H groups in total. The molecule has 10 rings (SSSR count). The third-order valence-corrected chi connectivity index (χ3v) is 9.47. The van der Waals surface area contributed by atoms with E-state index in [1.165, 1.54) is 21.9 Å². The lowest BCUT2D eigenvalue weighted by Crippen LogP contribution is -2.00. The molecule has 0 unspecified atom stereocenters. The van der Waals surface area contributed by atoms with Crippen LogP contribution in [0.3, 0.4) is 0 Å². The lowest BCUT2D eigenvalue weighted by Gasteiger charge is -2.11. The Kier molecular flexibility index (Phi) is 6.42. The topological polar surface area (TPSA) is 56.7 Å². The van der Waals surface area contributed by atoms with Crippen LogP contribution in [0.2, 0.25) is 0 Å². The van der Waals surface area contributed by atoms with Gasteiger partial charge in [0.05, 0.1) is 11.0 Å². The van der Waals surface area contributed by atoms with Crippen LogP contribution in [0.15, 0.2) is 174 Å². The van der Waals surface area contributed by atoms with E-state index in [1.54, 1.807) is 0 Å². The fourth-order valence-corrected chi connectivity index (χ4v) is 7.03. The van der Waals surface area contributed by atoms with Crippen molar-refractivity contribution >= 4 is 43.7 Å². The van der Waals surface area contributed by atoms with E-state index >= 15 is 0 Å². The lowest BCUT2D eigenvalue weighted by molar-refractivity contribution is 0.669. The van der Waals surface area contributed by atoms with Gasteiger partial charge in [0.25, 0.3) is 0 Å². The van der Waals surface area contributed by atoms with Crippen molar-refractivity contribution in [2.45, 2.75) is 0 Å². The highest BCUT2D eigenvalue weighted by Crippen LogP contribution is 2.36. The molecular weight excluding hydrogens is 613 g/mol. The molecule has 0 atom stereocenters. The molecule has 0 radical (unpaired) electrons. The maximum atomic E-state index is 6.21. The van der Waals surface area contributed by atoms with Crippen LogP contribution in [0.4, 0.5) is 0 Å². The normalized spacial score (nSPS) is 11.6.